The van der Waals surface area contributed by atoms with Gasteiger partial charge in [0.25, 0.3) is 0 Å². The second kappa shape index (κ2) is 8.88. The molecule has 3 aromatic carbocycles. The molecule has 1 heterocycles. The van der Waals surface area contributed by atoms with E-state index in [-0.39, 0.29) is 5.70 Å². The van der Waals surface area contributed by atoms with Gasteiger partial charge in [0.05, 0.1) is 7.11 Å². The SMILES string of the molecule is COc1ccc(/C=C2/N=C(c3ccccc3C)OC2=O)cc1OCc1cccc(C)c1. The van der Waals surface area contributed by atoms with E-state index in [9.17, 15) is 4.79 Å². The Morgan fingerprint density at radius 2 is 1.81 bits per heavy atom. The van der Waals surface area contributed by atoms with E-state index < -0.39 is 5.97 Å². The summed E-state index contributed by atoms with van der Waals surface area (Å²) in [6.07, 6.45) is 1.69. The zero-order valence-electron chi connectivity index (χ0n) is 17.7. The predicted octanol–water partition coefficient (Wildman–Crippen LogP) is 5.24. The van der Waals surface area contributed by atoms with Crippen molar-refractivity contribution in [2.75, 3.05) is 7.11 Å². The smallest absolute Gasteiger partial charge is 0.363 e. The highest BCUT2D eigenvalue weighted by atomic mass is 16.6. The third kappa shape index (κ3) is 4.67. The molecule has 0 bridgehead atoms. The maximum absolute atomic E-state index is 12.4. The maximum atomic E-state index is 12.4. The van der Waals surface area contributed by atoms with E-state index in [0.29, 0.717) is 24.0 Å². The molecule has 1 aliphatic heterocycles. The number of aliphatic imine (C=N–C) groups is 1. The molecule has 3 aromatic rings. The van der Waals surface area contributed by atoms with Gasteiger partial charge in [-0.3, -0.25) is 0 Å². The number of nitrogens with zero attached hydrogens (tertiary/aromatic N) is 1. The number of rotatable bonds is 6. The standard InChI is InChI=1S/C26H23NO4/c1-17-7-6-9-20(13-17)16-30-24-15-19(11-12-23(24)29-3)14-22-26(28)31-25(27-22)21-10-5-4-8-18(21)2/h4-15H,16H2,1-3H3/b22-14+. The zero-order chi connectivity index (χ0) is 21.8. The first-order valence-electron chi connectivity index (χ1n) is 9.98. The molecule has 0 amide bonds. The highest BCUT2D eigenvalue weighted by molar-refractivity contribution is 6.13. The first-order valence-corrected chi connectivity index (χ1v) is 9.98. The molecule has 31 heavy (non-hydrogen) atoms. The summed E-state index contributed by atoms with van der Waals surface area (Å²) in [4.78, 5) is 16.8. The summed E-state index contributed by atoms with van der Waals surface area (Å²) >= 11 is 0. The van der Waals surface area contributed by atoms with Crippen LogP contribution >= 0.6 is 0 Å². The number of cyclic esters (lactones) is 1. The molecule has 0 aromatic heterocycles. The Labute approximate surface area is 181 Å². The van der Waals surface area contributed by atoms with Crippen LogP contribution in [0.4, 0.5) is 0 Å². The van der Waals surface area contributed by atoms with E-state index in [4.69, 9.17) is 14.2 Å². The Morgan fingerprint density at radius 3 is 2.58 bits per heavy atom. The first kappa shape index (κ1) is 20.4. The maximum Gasteiger partial charge on any atom is 0.363 e. The van der Waals surface area contributed by atoms with Crippen LogP contribution in [0.3, 0.4) is 0 Å². The summed E-state index contributed by atoms with van der Waals surface area (Å²) in [5, 5.41) is 0. The molecule has 4 rings (SSSR count). The van der Waals surface area contributed by atoms with Crippen molar-refractivity contribution in [1.29, 1.82) is 0 Å². The van der Waals surface area contributed by atoms with Crippen molar-refractivity contribution < 1.29 is 19.0 Å². The number of benzene rings is 3. The Balaban J connectivity index is 1.59. The summed E-state index contributed by atoms with van der Waals surface area (Å²) in [7, 11) is 1.60. The molecule has 5 heteroatoms. The first-order chi connectivity index (χ1) is 15.0. The molecule has 0 saturated carbocycles. The van der Waals surface area contributed by atoms with E-state index in [1.807, 2.05) is 74.5 Å². The molecular weight excluding hydrogens is 390 g/mol. The highest BCUT2D eigenvalue weighted by Gasteiger charge is 2.25. The Kier molecular flexibility index (Phi) is 5.85. The molecule has 0 radical (unpaired) electrons. The van der Waals surface area contributed by atoms with Gasteiger partial charge >= 0.3 is 5.97 Å². The van der Waals surface area contributed by atoms with Crippen LogP contribution < -0.4 is 9.47 Å². The van der Waals surface area contributed by atoms with E-state index in [2.05, 4.69) is 11.1 Å². The van der Waals surface area contributed by atoms with Crippen LogP contribution in [-0.2, 0) is 16.1 Å². The van der Waals surface area contributed by atoms with Crippen LogP contribution in [0.15, 0.2) is 77.4 Å². The summed E-state index contributed by atoms with van der Waals surface area (Å²) in [6, 6.07) is 21.3. The fraction of sp³-hybridized carbons (Fsp3) is 0.154. The van der Waals surface area contributed by atoms with Gasteiger partial charge in [-0.2, -0.15) is 0 Å². The summed E-state index contributed by atoms with van der Waals surface area (Å²) in [5.74, 6) is 1.05. The van der Waals surface area contributed by atoms with Crippen LogP contribution in [-0.4, -0.2) is 19.0 Å². The van der Waals surface area contributed by atoms with Crippen molar-refractivity contribution in [2.24, 2.45) is 4.99 Å². The topological polar surface area (TPSA) is 57.1 Å². The van der Waals surface area contributed by atoms with Crippen molar-refractivity contribution in [3.8, 4) is 11.5 Å². The van der Waals surface area contributed by atoms with E-state index >= 15 is 0 Å². The van der Waals surface area contributed by atoms with Gasteiger partial charge < -0.3 is 14.2 Å². The van der Waals surface area contributed by atoms with Gasteiger partial charge in [0.1, 0.15) is 6.61 Å². The lowest BCUT2D eigenvalue weighted by Crippen LogP contribution is -2.06. The van der Waals surface area contributed by atoms with Crippen molar-refractivity contribution in [1.82, 2.24) is 0 Å². The Morgan fingerprint density at radius 1 is 0.968 bits per heavy atom. The minimum atomic E-state index is -0.476. The second-order valence-corrected chi connectivity index (χ2v) is 7.34. The van der Waals surface area contributed by atoms with Gasteiger partial charge in [0.15, 0.2) is 17.2 Å². The molecule has 0 unspecified atom stereocenters. The average molecular weight is 413 g/mol. The zero-order valence-corrected chi connectivity index (χ0v) is 17.7. The monoisotopic (exact) mass is 413 g/mol. The minimum Gasteiger partial charge on any atom is -0.493 e. The van der Waals surface area contributed by atoms with Crippen molar-refractivity contribution in [3.63, 3.8) is 0 Å². The molecule has 0 atom stereocenters. The van der Waals surface area contributed by atoms with E-state index in [0.717, 1.165) is 22.3 Å². The fourth-order valence-electron chi connectivity index (χ4n) is 3.35. The molecule has 0 aliphatic carbocycles. The van der Waals surface area contributed by atoms with Gasteiger partial charge in [-0.1, -0.05) is 54.1 Å². The summed E-state index contributed by atoms with van der Waals surface area (Å²) in [6.45, 7) is 4.41. The molecule has 0 fully saturated rings. The molecule has 0 saturated heterocycles. The lowest BCUT2D eigenvalue weighted by Gasteiger charge is -2.12. The quantitative estimate of drug-likeness (QED) is 0.410. The normalized spacial score (nSPS) is 14.4. The second-order valence-electron chi connectivity index (χ2n) is 7.34. The van der Waals surface area contributed by atoms with Crippen LogP contribution in [0.5, 0.6) is 11.5 Å². The van der Waals surface area contributed by atoms with Gasteiger partial charge in [-0.25, -0.2) is 9.79 Å². The van der Waals surface area contributed by atoms with Crippen molar-refractivity contribution >= 4 is 17.9 Å². The number of ether oxygens (including phenoxy) is 3. The number of carbonyl (C=O) groups excluding carboxylic acids is 1. The van der Waals surface area contributed by atoms with Crippen LogP contribution in [0, 0.1) is 13.8 Å². The molecule has 5 nitrogen and oxygen atoms in total. The molecule has 0 N–H and O–H groups in total. The molecule has 156 valence electrons. The lowest BCUT2D eigenvalue weighted by atomic mass is 10.1. The Bertz CT molecular complexity index is 1190. The Hall–Kier alpha value is -3.86. The fourth-order valence-corrected chi connectivity index (χ4v) is 3.35. The number of aryl methyl sites for hydroxylation is 2. The van der Waals surface area contributed by atoms with Crippen LogP contribution in [0.1, 0.15) is 27.8 Å². The van der Waals surface area contributed by atoms with Gasteiger partial charge in [0, 0.05) is 5.56 Å². The van der Waals surface area contributed by atoms with Crippen LogP contribution in [0.25, 0.3) is 6.08 Å². The van der Waals surface area contributed by atoms with E-state index in [1.165, 1.54) is 5.56 Å². The minimum absolute atomic E-state index is 0.244. The lowest BCUT2D eigenvalue weighted by molar-refractivity contribution is -0.129. The third-order valence-electron chi connectivity index (χ3n) is 4.96. The van der Waals surface area contributed by atoms with E-state index in [1.54, 1.807) is 13.2 Å². The molecular formula is C26H23NO4. The number of carbonyl (C=O) groups is 1. The van der Waals surface area contributed by atoms with Gasteiger partial charge in [0.2, 0.25) is 5.90 Å². The van der Waals surface area contributed by atoms with Crippen molar-refractivity contribution in [2.45, 2.75) is 20.5 Å². The summed E-state index contributed by atoms with van der Waals surface area (Å²) in [5.41, 5.74) is 5.05. The highest BCUT2D eigenvalue weighted by Crippen LogP contribution is 2.30. The number of hydrogen-bond donors (Lipinski definition) is 0. The average Bonchev–Trinajstić information content (AvgIpc) is 3.12. The molecule has 1 aliphatic rings. The molecule has 0 spiro atoms. The third-order valence-corrected chi connectivity index (χ3v) is 4.96. The van der Waals surface area contributed by atoms with Crippen LogP contribution in [0.2, 0.25) is 0 Å². The number of methoxy groups -OCH3 is 1. The largest absolute Gasteiger partial charge is 0.493 e. The predicted molar refractivity (Wildman–Crippen MR) is 120 cm³/mol. The van der Waals surface area contributed by atoms with Gasteiger partial charge in [-0.05, 0) is 54.8 Å². The number of esters is 1. The number of hydrogen-bond acceptors (Lipinski definition) is 5. The summed E-state index contributed by atoms with van der Waals surface area (Å²) < 4.78 is 16.8. The van der Waals surface area contributed by atoms with Crippen molar-refractivity contribution in [3.05, 3.63) is 100 Å². The van der Waals surface area contributed by atoms with Gasteiger partial charge in [-0.15, -0.1) is 0 Å².